The van der Waals surface area contributed by atoms with Crippen LogP contribution in [0, 0.1) is 0 Å². The number of carbonyl (C=O) groups is 1. The number of hydrazone groups is 1. The van der Waals surface area contributed by atoms with Crippen molar-refractivity contribution in [2.45, 2.75) is 44.8 Å². The van der Waals surface area contributed by atoms with Crippen LogP contribution in [0.25, 0.3) is 0 Å². The number of carbonyl (C=O) groups excluding carboxylic acids is 1. The molecule has 3 rings (SSSR count). The number of nitrogens with zero attached hydrogens (tertiary/aromatic N) is 1. The van der Waals surface area contributed by atoms with E-state index in [2.05, 4.69) is 15.8 Å². The van der Waals surface area contributed by atoms with E-state index in [1.54, 1.807) is 18.3 Å². The normalized spacial score (nSPS) is 14.3. The van der Waals surface area contributed by atoms with Gasteiger partial charge in [-0.2, -0.15) is 5.10 Å². The van der Waals surface area contributed by atoms with Crippen LogP contribution in [0.1, 0.15) is 53.6 Å². The second kappa shape index (κ2) is 11.3. The van der Waals surface area contributed by atoms with Crippen molar-refractivity contribution < 1.29 is 14.3 Å². The summed E-state index contributed by atoms with van der Waals surface area (Å²) in [5.74, 6) is 0.360. The molecule has 0 bridgehead atoms. The Bertz CT molecular complexity index is 878. The van der Waals surface area contributed by atoms with Gasteiger partial charge in [0, 0.05) is 11.6 Å². The fraction of sp³-hybridized carbons (Fsp3) is 0.348. The zero-order valence-electron chi connectivity index (χ0n) is 17.1. The van der Waals surface area contributed by atoms with E-state index in [1.165, 1.54) is 26.4 Å². The fourth-order valence-electron chi connectivity index (χ4n) is 3.36. The number of nitrogens with one attached hydrogen (secondary N) is 2. The molecule has 1 aliphatic carbocycles. The maximum absolute atomic E-state index is 11.5. The minimum atomic E-state index is -0.354. The second-order valence-corrected chi connectivity index (χ2v) is 7.60. The topological polar surface area (TPSA) is 72.0 Å². The van der Waals surface area contributed by atoms with Crippen LogP contribution >= 0.6 is 12.2 Å². The van der Waals surface area contributed by atoms with Crippen molar-refractivity contribution in [3.05, 3.63) is 65.2 Å². The van der Waals surface area contributed by atoms with Gasteiger partial charge in [0.15, 0.2) is 5.11 Å². The van der Waals surface area contributed by atoms with Crippen LogP contribution in [0.5, 0.6) is 5.75 Å². The molecule has 2 N–H and O–H groups in total. The van der Waals surface area contributed by atoms with Crippen molar-refractivity contribution in [3.8, 4) is 5.75 Å². The number of rotatable bonds is 7. The maximum atomic E-state index is 11.5. The lowest BCUT2D eigenvalue weighted by Crippen LogP contribution is -2.40. The first-order valence-electron chi connectivity index (χ1n) is 10.1. The molecule has 0 amide bonds. The Hall–Kier alpha value is -2.93. The summed E-state index contributed by atoms with van der Waals surface area (Å²) in [6.45, 7) is 0.376. The van der Waals surface area contributed by atoms with Gasteiger partial charge < -0.3 is 14.8 Å². The minimum absolute atomic E-state index is 0.354. The Morgan fingerprint density at radius 1 is 1.13 bits per heavy atom. The first-order valence-corrected chi connectivity index (χ1v) is 10.5. The quantitative estimate of drug-likeness (QED) is 0.300. The highest BCUT2D eigenvalue weighted by Crippen LogP contribution is 2.18. The number of para-hydroxylation sites is 1. The largest absolute Gasteiger partial charge is 0.488 e. The van der Waals surface area contributed by atoms with Gasteiger partial charge in [-0.25, -0.2) is 4.79 Å². The highest BCUT2D eigenvalue weighted by atomic mass is 32.1. The number of benzene rings is 2. The zero-order chi connectivity index (χ0) is 21.2. The van der Waals surface area contributed by atoms with Crippen LogP contribution in [0.3, 0.4) is 0 Å². The minimum Gasteiger partial charge on any atom is -0.488 e. The predicted octanol–water partition coefficient (Wildman–Crippen LogP) is 4.18. The zero-order valence-corrected chi connectivity index (χ0v) is 17.9. The van der Waals surface area contributed by atoms with Gasteiger partial charge in [0.2, 0.25) is 0 Å². The first-order chi connectivity index (χ1) is 14.7. The summed E-state index contributed by atoms with van der Waals surface area (Å²) in [4.78, 5) is 11.5. The molecule has 0 saturated heterocycles. The van der Waals surface area contributed by atoms with E-state index in [0.29, 0.717) is 29.1 Å². The molecule has 2 aromatic carbocycles. The lowest BCUT2D eigenvalue weighted by atomic mass is 9.96. The highest BCUT2D eigenvalue weighted by molar-refractivity contribution is 7.80. The monoisotopic (exact) mass is 425 g/mol. The molecule has 0 aromatic heterocycles. The molecule has 158 valence electrons. The molecule has 30 heavy (non-hydrogen) atoms. The van der Waals surface area contributed by atoms with Crippen molar-refractivity contribution in [1.82, 2.24) is 10.7 Å². The summed E-state index contributed by atoms with van der Waals surface area (Å²) >= 11 is 5.34. The van der Waals surface area contributed by atoms with E-state index in [-0.39, 0.29) is 5.97 Å². The molecule has 0 unspecified atom stereocenters. The Labute approximate surface area is 182 Å². The van der Waals surface area contributed by atoms with E-state index in [4.69, 9.17) is 21.7 Å². The molecule has 0 atom stereocenters. The van der Waals surface area contributed by atoms with Crippen molar-refractivity contribution >= 4 is 29.5 Å². The first kappa shape index (κ1) is 21.8. The molecular formula is C23H27N3O3S. The van der Waals surface area contributed by atoms with Crippen LogP contribution in [-0.2, 0) is 11.3 Å². The molecule has 6 nitrogen and oxygen atoms in total. The third-order valence-corrected chi connectivity index (χ3v) is 5.21. The van der Waals surface area contributed by atoms with Gasteiger partial charge in [0.1, 0.15) is 12.4 Å². The van der Waals surface area contributed by atoms with E-state index in [1.807, 2.05) is 36.4 Å². The lowest BCUT2D eigenvalue weighted by Gasteiger charge is -2.23. The number of thiocarbonyl (C=S) groups is 1. The molecular weight excluding hydrogens is 398 g/mol. The second-order valence-electron chi connectivity index (χ2n) is 7.19. The number of methoxy groups -OCH3 is 1. The molecule has 1 saturated carbocycles. The molecule has 0 radical (unpaired) electrons. The maximum Gasteiger partial charge on any atom is 0.337 e. The smallest absolute Gasteiger partial charge is 0.337 e. The van der Waals surface area contributed by atoms with Gasteiger partial charge in [-0.15, -0.1) is 0 Å². The van der Waals surface area contributed by atoms with Crippen LogP contribution in [-0.4, -0.2) is 30.4 Å². The van der Waals surface area contributed by atoms with Crippen LogP contribution in [0.15, 0.2) is 53.6 Å². The van der Waals surface area contributed by atoms with E-state index in [9.17, 15) is 4.79 Å². The van der Waals surface area contributed by atoms with Gasteiger partial charge in [-0.1, -0.05) is 43.5 Å². The summed E-state index contributed by atoms with van der Waals surface area (Å²) in [5, 5.41) is 8.12. The Morgan fingerprint density at radius 3 is 2.60 bits per heavy atom. The molecule has 0 aliphatic heterocycles. The lowest BCUT2D eigenvalue weighted by molar-refractivity contribution is 0.0600. The van der Waals surface area contributed by atoms with E-state index < -0.39 is 0 Å². The van der Waals surface area contributed by atoms with E-state index in [0.717, 1.165) is 24.0 Å². The van der Waals surface area contributed by atoms with Crippen LogP contribution < -0.4 is 15.5 Å². The molecule has 7 heteroatoms. The van der Waals surface area contributed by atoms with Gasteiger partial charge in [0.25, 0.3) is 0 Å². The summed E-state index contributed by atoms with van der Waals surface area (Å²) in [6, 6.07) is 15.2. The third-order valence-electron chi connectivity index (χ3n) is 5.00. The average molecular weight is 426 g/mol. The van der Waals surface area contributed by atoms with Crippen molar-refractivity contribution in [1.29, 1.82) is 0 Å². The average Bonchev–Trinajstić information content (AvgIpc) is 2.79. The fourth-order valence-corrected chi connectivity index (χ4v) is 3.58. The Kier molecular flexibility index (Phi) is 8.20. The molecule has 1 aliphatic rings. The van der Waals surface area contributed by atoms with Crippen molar-refractivity contribution in [2.75, 3.05) is 7.11 Å². The molecule has 0 heterocycles. The highest BCUT2D eigenvalue weighted by Gasteiger charge is 2.13. The van der Waals surface area contributed by atoms with Crippen LogP contribution in [0.2, 0.25) is 0 Å². The predicted molar refractivity (Wildman–Crippen MR) is 122 cm³/mol. The van der Waals surface area contributed by atoms with Gasteiger partial charge in [-0.3, -0.25) is 5.43 Å². The van der Waals surface area contributed by atoms with Gasteiger partial charge >= 0.3 is 5.97 Å². The number of hydrogen-bond donors (Lipinski definition) is 2. The number of ether oxygens (including phenoxy) is 2. The number of hydrogen-bond acceptors (Lipinski definition) is 5. The Balaban J connectivity index is 1.53. The SMILES string of the molecule is COC(=O)c1ccc(COc2ccccc2/C=N/NC(=S)NC2CCCCC2)cc1. The van der Waals surface area contributed by atoms with E-state index >= 15 is 0 Å². The van der Waals surface area contributed by atoms with Gasteiger partial charge in [-0.05, 0) is 54.9 Å². The van der Waals surface area contributed by atoms with Crippen molar-refractivity contribution in [2.24, 2.45) is 5.10 Å². The molecule has 0 spiro atoms. The Morgan fingerprint density at radius 2 is 1.87 bits per heavy atom. The molecule has 2 aromatic rings. The summed E-state index contributed by atoms with van der Waals surface area (Å²) in [5.41, 5.74) is 5.20. The number of esters is 1. The van der Waals surface area contributed by atoms with Crippen LogP contribution in [0.4, 0.5) is 0 Å². The molecule has 1 fully saturated rings. The summed E-state index contributed by atoms with van der Waals surface area (Å²) in [6.07, 6.45) is 7.82. The third kappa shape index (κ3) is 6.56. The van der Waals surface area contributed by atoms with Crippen molar-refractivity contribution in [3.63, 3.8) is 0 Å². The summed E-state index contributed by atoms with van der Waals surface area (Å²) < 4.78 is 10.7. The standard InChI is InChI=1S/C23H27N3O3S/c1-28-22(27)18-13-11-17(12-14-18)16-29-21-10-6-5-7-19(21)15-24-26-23(30)25-20-8-3-2-4-9-20/h5-7,10-15,20H,2-4,8-9,16H2,1H3,(H2,25,26,30)/b24-15+. The summed E-state index contributed by atoms with van der Waals surface area (Å²) in [7, 11) is 1.37. The van der Waals surface area contributed by atoms with Gasteiger partial charge in [0.05, 0.1) is 18.9 Å².